The van der Waals surface area contributed by atoms with Gasteiger partial charge in [-0.05, 0) is 60.9 Å². The molecule has 0 fully saturated rings. The number of hydrogen-bond donors (Lipinski definition) is 0. The summed E-state index contributed by atoms with van der Waals surface area (Å²) < 4.78 is 10.4. The van der Waals surface area contributed by atoms with Crippen LogP contribution in [0, 0.1) is 38.8 Å². The van der Waals surface area contributed by atoms with Crippen LogP contribution >= 0.6 is 0 Å². The van der Waals surface area contributed by atoms with Crippen LogP contribution in [0.3, 0.4) is 0 Å². The fourth-order valence-electron chi connectivity index (χ4n) is 8.84. The van der Waals surface area contributed by atoms with Crippen LogP contribution in [0.5, 0.6) is 0 Å². The Hall–Kier alpha value is -5.92. The van der Waals surface area contributed by atoms with Crippen molar-refractivity contribution in [3.8, 4) is 50.7 Å². The molecule has 0 bridgehead atoms. The van der Waals surface area contributed by atoms with Gasteiger partial charge in [0.25, 0.3) is 0 Å². The smallest absolute Gasteiger partial charge is 0.216 e. The predicted octanol–water partition coefficient (Wildman–Crippen LogP) is 14.3. The number of aryl methyl sites for hydroxylation is 3. The number of fused-ring (bicyclic) bond motifs is 4. The summed E-state index contributed by atoms with van der Waals surface area (Å²) in [5.74, 6) is 8.77. The van der Waals surface area contributed by atoms with Crippen LogP contribution in [-0.4, -0.2) is 32.8 Å². The molecule has 5 nitrogen and oxygen atoms in total. The summed E-state index contributed by atoms with van der Waals surface area (Å²) in [5.41, 5.74) is 16.6. The van der Waals surface area contributed by atoms with Gasteiger partial charge in [0.05, 0.1) is 28.1 Å². The summed E-state index contributed by atoms with van der Waals surface area (Å²) in [6, 6.07) is 57.0. The second-order valence-corrected chi connectivity index (χ2v) is 28.5. The Bertz CT molecular complexity index is 3230. The molecule has 0 saturated heterocycles. The molecule has 4 aromatic heterocycles. The van der Waals surface area contributed by atoms with Crippen LogP contribution in [0.4, 0.5) is 0 Å². The Morgan fingerprint density at radius 2 is 1.42 bits per heavy atom. The molecular weight excluding hydrogens is 1020 g/mol. The van der Waals surface area contributed by atoms with E-state index < -0.39 is 13.3 Å². The van der Waals surface area contributed by atoms with E-state index in [9.17, 15) is 0 Å². The minimum absolute atomic E-state index is 0. The van der Waals surface area contributed by atoms with Crippen LogP contribution in [0.1, 0.15) is 36.1 Å². The molecule has 0 aliphatic heterocycles. The van der Waals surface area contributed by atoms with E-state index in [0.717, 1.165) is 90.1 Å². The Labute approximate surface area is 393 Å². The number of imidazole rings is 1. The van der Waals surface area contributed by atoms with E-state index in [0.29, 0.717) is 11.6 Å². The molecule has 64 heavy (non-hydrogen) atoms. The maximum atomic E-state index is 6.67. The van der Waals surface area contributed by atoms with E-state index in [-0.39, 0.29) is 20.1 Å². The van der Waals surface area contributed by atoms with Gasteiger partial charge in [0.2, 0.25) is 5.71 Å². The largest absolute Gasteiger partial charge is 0.486 e. The van der Waals surface area contributed by atoms with Crippen molar-refractivity contribution in [3.63, 3.8) is 0 Å². The number of benzene rings is 6. The first-order valence-corrected chi connectivity index (χ1v) is 29.2. The van der Waals surface area contributed by atoms with Crippen molar-refractivity contribution in [2.45, 2.75) is 58.3 Å². The summed E-state index contributed by atoms with van der Waals surface area (Å²) in [7, 11) is 0. The van der Waals surface area contributed by atoms with Gasteiger partial charge < -0.3 is 8.98 Å². The molecule has 0 spiro atoms. The van der Waals surface area contributed by atoms with Crippen molar-refractivity contribution < 1.29 is 24.5 Å². The van der Waals surface area contributed by atoms with E-state index in [1.165, 1.54) is 16.7 Å². The molecule has 0 N–H and O–H groups in total. The fourth-order valence-corrected chi connectivity index (χ4v) is 12.2. The molecule has 0 atom stereocenters. The minimum Gasteiger partial charge on any atom is -0.486 e. The first-order chi connectivity index (χ1) is 30.5. The molecule has 6 aromatic carbocycles. The molecule has 10 rings (SSSR count). The third kappa shape index (κ3) is 8.80. The predicted molar refractivity (Wildman–Crippen MR) is 266 cm³/mol. The molecule has 1 radical (unpaired) electrons. The molecule has 0 saturated carbocycles. The first-order valence-electron chi connectivity index (χ1n) is 21.9. The Morgan fingerprint density at radius 3 is 2.16 bits per heavy atom. The number of nitrogens with zero attached hydrogens (tertiary/aromatic N) is 4. The summed E-state index contributed by atoms with van der Waals surface area (Å²) in [6.07, 6.45) is 3.27. The Balaban J connectivity index is 0.000000225. The van der Waals surface area contributed by atoms with E-state index in [1.54, 1.807) is 4.40 Å². The first kappa shape index (κ1) is 44.7. The zero-order valence-electron chi connectivity index (χ0n) is 37.7. The number of aromatic nitrogens is 4. The van der Waals surface area contributed by atoms with Crippen LogP contribution in [0.2, 0.25) is 17.3 Å². The summed E-state index contributed by atoms with van der Waals surface area (Å²) in [6.45, 7) is 10.9. The van der Waals surface area contributed by atoms with E-state index in [1.807, 2.05) is 36.4 Å². The van der Waals surface area contributed by atoms with Crippen LogP contribution in [0.25, 0.3) is 83.8 Å². The van der Waals surface area contributed by atoms with Gasteiger partial charge in [-0.2, -0.15) is 0 Å². The molecule has 0 amide bonds. The third-order valence-corrected chi connectivity index (χ3v) is 16.1. The minimum atomic E-state index is -1.86. The van der Waals surface area contributed by atoms with Gasteiger partial charge in [0.15, 0.2) is 0 Å². The summed E-state index contributed by atoms with van der Waals surface area (Å²) in [5, 5.41) is 2.03. The fraction of sp³-hybridized carbons (Fsp3) is 0.175. The number of furan rings is 1. The molecule has 0 unspecified atom stereocenters. The molecule has 0 aliphatic carbocycles. The Kier molecular flexibility index (Phi) is 13.0. The quantitative estimate of drug-likeness (QED) is 0.112. The average Bonchev–Trinajstić information content (AvgIpc) is 3.86. The molecular formula is C57H52GeIrN4O-2. The monoisotopic (exact) mass is 1080 g/mol. The van der Waals surface area contributed by atoms with Crippen molar-refractivity contribution in [2.24, 2.45) is 5.92 Å². The average molecular weight is 1070 g/mol. The van der Waals surface area contributed by atoms with Gasteiger partial charge in [-0.15, -0.1) is 17.7 Å². The van der Waals surface area contributed by atoms with Gasteiger partial charge in [0, 0.05) is 42.3 Å². The van der Waals surface area contributed by atoms with Crippen molar-refractivity contribution in [3.05, 3.63) is 186 Å². The van der Waals surface area contributed by atoms with Crippen molar-refractivity contribution in [1.82, 2.24) is 19.5 Å². The second-order valence-electron chi connectivity index (χ2n) is 18.0. The molecule has 7 heteroatoms. The Morgan fingerprint density at radius 1 is 0.703 bits per heavy atom. The zero-order valence-corrected chi connectivity index (χ0v) is 42.2. The van der Waals surface area contributed by atoms with Crippen LogP contribution < -0.4 is 4.40 Å². The van der Waals surface area contributed by atoms with E-state index in [2.05, 4.69) is 184 Å². The SMILES string of the molecule is CC(C)Cc1cc(-c2[c-]cccc2)nc[c]1[Ge]([CH3])([CH3])[CH3].Cc1cccc(C)c1-c1ccc2c(n1)oc1c(-c3nc4ccccc4n3-c3ccccc3-c3ccccc3)[c-]cc(C)c12.[Ir]. The topological polar surface area (TPSA) is 56.7 Å². The van der Waals surface area contributed by atoms with E-state index >= 15 is 0 Å². The third-order valence-electron chi connectivity index (χ3n) is 11.8. The molecule has 10 aromatic rings. The number of rotatable bonds is 8. The number of hydrogen-bond acceptors (Lipinski definition) is 4. The van der Waals surface area contributed by atoms with Crippen molar-refractivity contribution in [2.75, 3.05) is 0 Å². The zero-order chi connectivity index (χ0) is 43.8. The standard InChI is InChI=1S/C39H28N3O.C18H24GeN.Ir/c1-24-12-11-13-25(2)35(24)32-23-22-29-36-26(3)20-21-30(37(36)43-39(29)41-32)38-40-31-17-8-10-19-34(31)42(38)33-18-9-7-16-28(33)27-14-5-4-6-15-27;1-14(2)11-16-12-18(15-9-7-6-8-10-15)20-13-17(16)19(3,4)5;/h4-20,22-23H,1-3H3;6-9,12-14H,11H2,1-5H3;/q2*-1;. The van der Waals surface area contributed by atoms with Gasteiger partial charge in [0.1, 0.15) is 0 Å². The summed E-state index contributed by atoms with van der Waals surface area (Å²) in [4.78, 5) is 14.9. The molecule has 0 aliphatic rings. The van der Waals surface area contributed by atoms with Gasteiger partial charge >= 0.3 is 126 Å². The van der Waals surface area contributed by atoms with E-state index in [4.69, 9.17) is 19.4 Å². The van der Waals surface area contributed by atoms with Crippen LogP contribution in [0.15, 0.2) is 156 Å². The maximum Gasteiger partial charge on any atom is 0.216 e. The normalized spacial score (nSPS) is 11.5. The summed E-state index contributed by atoms with van der Waals surface area (Å²) >= 11 is -1.86. The van der Waals surface area contributed by atoms with Gasteiger partial charge in [-0.25, -0.2) is 4.98 Å². The maximum absolute atomic E-state index is 6.67. The van der Waals surface area contributed by atoms with Crippen LogP contribution in [-0.2, 0) is 26.5 Å². The number of para-hydroxylation sites is 3. The van der Waals surface area contributed by atoms with Crippen molar-refractivity contribution >= 4 is 50.8 Å². The molecule has 4 heterocycles. The number of pyridine rings is 2. The molecule has 321 valence electrons. The van der Waals surface area contributed by atoms with Gasteiger partial charge in [-0.1, -0.05) is 96.7 Å². The second kappa shape index (κ2) is 18.7. The van der Waals surface area contributed by atoms with Gasteiger partial charge in [-0.3, -0.25) is 4.98 Å². The van der Waals surface area contributed by atoms with Crippen molar-refractivity contribution in [1.29, 1.82) is 0 Å².